The van der Waals surface area contributed by atoms with Crippen molar-refractivity contribution in [2.45, 2.75) is 6.61 Å². The van der Waals surface area contributed by atoms with Crippen LogP contribution in [0.3, 0.4) is 0 Å². The first-order valence-corrected chi connectivity index (χ1v) is 6.27. The molecule has 0 amide bonds. The first-order chi connectivity index (χ1) is 9.61. The molecule has 0 aliphatic heterocycles. The topological polar surface area (TPSA) is 55.8 Å². The number of phenols is 1. The number of carbonyl (C=O) groups is 1. The van der Waals surface area contributed by atoms with Gasteiger partial charge in [-0.15, -0.1) is 0 Å². The van der Waals surface area contributed by atoms with Crippen LogP contribution in [-0.4, -0.2) is 18.2 Å². The summed E-state index contributed by atoms with van der Waals surface area (Å²) in [5.41, 5.74) is 1.11. The van der Waals surface area contributed by atoms with Gasteiger partial charge in [-0.2, -0.15) is 0 Å². The lowest BCUT2D eigenvalue weighted by Gasteiger charge is -2.11. The van der Waals surface area contributed by atoms with E-state index in [1.54, 1.807) is 0 Å². The number of hydrogen-bond donors (Lipinski definition) is 1. The maximum absolute atomic E-state index is 11.4. The van der Waals surface area contributed by atoms with Crippen molar-refractivity contribution in [3.63, 3.8) is 0 Å². The first kappa shape index (κ1) is 14.2. The summed E-state index contributed by atoms with van der Waals surface area (Å²) < 4.78 is 10.1. The highest BCUT2D eigenvalue weighted by Gasteiger charge is 2.15. The minimum absolute atomic E-state index is 0.142. The Morgan fingerprint density at radius 2 is 1.95 bits per heavy atom. The zero-order chi connectivity index (χ0) is 14.5. The van der Waals surface area contributed by atoms with E-state index in [1.165, 1.54) is 19.2 Å². The number of esters is 1. The van der Waals surface area contributed by atoms with Gasteiger partial charge in [0.25, 0.3) is 0 Å². The van der Waals surface area contributed by atoms with Gasteiger partial charge in [-0.3, -0.25) is 0 Å². The SMILES string of the molecule is COC(=O)c1cc(O)c(OCc2ccccc2)c(Cl)c1. The van der Waals surface area contributed by atoms with Crippen molar-refractivity contribution in [1.82, 2.24) is 0 Å². The first-order valence-electron chi connectivity index (χ1n) is 5.89. The number of methoxy groups -OCH3 is 1. The van der Waals surface area contributed by atoms with Gasteiger partial charge in [0.05, 0.1) is 17.7 Å². The van der Waals surface area contributed by atoms with Gasteiger partial charge in [-0.1, -0.05) is 41.9 Å². The molecule has 20 heavy (non-hydrogen) atoms. The van der Waals surface area contributed by atoms with Crippen LogP contribution in [0.5, 0.6) is 11.5 Å². The number of rotatable bonds is 4. The van der Waals surface area contributed by atoms with Gasteiger partial charge in [-0.25, -0.2) is 4.79 Å². The molecule has 0 atom stereocenters. The van der Waals surface area contributed by atoms with E-state index in [0.29, 0.717) is 0 Å². The smallest absolute Gasteiger partial charge is 0.338 e. The predicted molar refractivity (Wildman–Crippen MR) is 75.2 cm³/mol. The van der Waals surface area contributed by atoms with E-state index in [1.807, 2.05) is 30.3 Å². The summed E-state index contributed by atoms with van der Waals surface area (Å²) >= 11 is 6.01. The third-order valence-electron chi connectivity index (χ3n) is 2.67. The Balaban J connectivity index is 2.18. The molecule has 2 rings (SSSR count). The number of hydrogen-bond acceptors (Lipinski definition) is 4. The number of carbonyl (C=O) groups excluding carboxylic acids is 1. The second-order valence-corrected chi connectivity index (χ2v) is 4.48. The van der Waals surface area contributed by atoms with Crippen molar-refractivity contribution < 1.29 is 19.4 Å². The van der Waals surface area contributed by atoms with Crippen molar-refractivity contribution in [2.75, 3.05) is 7.11 Å². The quantitative estimate of drug-likeness (QED) is 0.877. The molecule has 5 heteroatoms. The van der Waals surface area contributed by atoms with E-state index in [9.17, 15) is 9.90 Å². The Morgan fingerprint density at radius 3 is 2.55 bits per heavy atom. The summed E-state index contributed by atoms with van der Waals surface area (Å²) in [5, 5.41) is 10.0. The van der Waals surface area contributed by atoms with E-state index < -0.39 is 5.97 Å². The lowest BCUT2D eigenvalue weighted by molar-refractivity contribution is 0.0600. The molecular formula is C15H13ClO4. The van der Waals surface area contributed by atoms with Crippen LogP contribution in [0.15, 0.2) is 42.5 Å². The Morgan fingerprint density at radius 1 is 1.25 bits per heavy atom. The van der Waals surface area contributed by atoms with E-state index in [-0.39, 0.29) is 28.7 Å². The summed E-state index contributed by atoms with van der Waals surface area (Å²) in [6.45, 7) is 0.270. The largest absolute Gasteiger partial charge is 0.504 e. The van der Waals surface area contributed by atoms with Crippen molar-refractivity contribution in [2.24, 2.45) is 0 Å². The highest BCUT2D eigenvalue weighted by atomic mass is 35.5. The van der Waals surface area contributed by atoms with Crippen LogP contribution in [0, 0.1) is 0 Å². The predicted octanol–water partition coefficient (Wildman–Crippen LogP) is 3.41. The van der Waals surface area contributed by atoms with Gasteiger partial charge in [0.15, 0.2) is 11.5 Å². The molecule has 1 N–H and O–H groups in total. The van der Waals surface area contributed by atoms with Crippen LogP contribution in [0.1, 0.15) is 15.9 Å². The molecule has 0 fully saturated rings. The van der Waals surface area contributed by atoms with Crippen LogP contribution in [0.25, 0.3) is 0 Å². The summed E-state index contributed by atoms with van der Waals surface area (Å²) in [6, 6.07) is 12.1. The van der Waals surface area contributed by atoms with Gasteiger partial charge < -0.3 is 14.6 Å². The van der Waals surface area contributed by atoms with Gasteiger partial charge in [-0.05, 0) is 17.7 Å². The average molecular weight is 293 g/mol. The summed E-state index contributed by atoms with van der Waals surface area (Å²) in [7, 11) is 1.26. The van der Waals surface area contributed by atoms with Crippen LogP contribution < -0.4 is 4.74 Å². The molecule has 104 valence electrons. The zero-order valence-electron chi connectivity index (χ0n) is 10.8. The summed E-state index contributed by atoms with van der Waals surface area (Å²) in [5.74, 6) is -0.631. The fourth-order valence-electron chi connectivity index (χ4n) is 1.69. The lowest BCUT2D eigenvalue weighted by atomic mass is 10.2. The van der Waals surface area contributed by atoms with Gasteiger partial charge >= 0.3 is 5.97 Å². The molecule has 0 saturated carbocycles. The highest BCUT2D eigenvalue weighted by molar-refractivity contribution is 6.32. The van der Waals surface area contributed by atoms with Crippen molar-refractivity contribution in [3.05, 3.63) is 58.6 Å². The molecule has 0 bridgehead atoms. The number of phenolic OH excluding ortho intramolecular Hbond substituents is 1. The molecule has 2 aromatic rings. The maximum atomic E-state index is 11.4. The molecule has 0 saturated heterocycles. The maximum Gasteiger partial charge on any atom is 0.338 e. The Kier molecular flexibility index (Phi) is 4.48. The van der Waals surface area contributed by atoms with Gasteiger partial charge in [0.1, 0.15) is 6.61 Å². The summed E-state index contributed by atoms with van der Waals surface area (Å²) in [4.78, 5) is 11.4. The van der Waals surface area contributed by atoms with Crippen LogP contribution in [-0.2, 0) is 11.3 Å². The number of ether oxygens (including phenoxy) is 2. The fourth-order valence-corrected chi connectivity index (χ4v) is 1.96. The molecule has 0 heterocycles. The molecule has 0 spiro atoms. The minimum atomic E-state index is -0.572. The van der Waals surface area contributed by atoms with E-state index >= 15 is 0 Å². The molecule has 0 unspecified atom stereocenters. The minimum Gasteiger partial charge on any atom is -0.504 e. The molecule has 2 aromatic carbocycles. The summed E-state index contributed by atoms with van der Waals surface area (Å²) in [6.07, 6.45) is 0. The third kappa shape index (κ3) is 3.22. The van der Waals surface area contributed by atoms with Crippen LogP contribution in [0.4, 0.5) is 0 Å². The Labute approximate surface area is 121 Å². The van der Waals surface area contributed by atoms with E-state index in [2.05, 4.69) is 4.74 Å². The molecule has 0 aromatic heterocycles. The highest BCUT2D eigenvalue weighted by Crippen LogP contribution is 2.36. The normalized spacial score (nSPS) is 10.1. The second kappa shape index (κ2) is 6.30. The molecule has 4 nitrogen and oxygen atoms in total. The average Bonchev–Trinajstić information content (AvgIpc) is 2.46. The van der Waals surface area contributed by atoms with Gasteiger partial charge in [0, 0.05) is 0 Å². The van der Waals surface area contributed by atoms with E-state index in [4.69, 9.17) is 16.3 Å². The fraction of sp³-hybridized carbons (Fsp3) is 0.133. The Hall–Kier alpha value is -2.20. The standard InChI is InChI=1S/C15H13ClO4/c1-19-15(18)11-7-12(16)14(13(17)8-11)20-9-10-5-3-2-4-6-10/h2-8,17H,9H2,1H3. The molecular weight excluding hydrogens is 280 g/mol. The monoisotopic (exact) mass is 292 g/mol. The van der Waals surface area contributed by atoms with Gasteiger partial charge in [0.2, 0.25) is 0 Å². The zero-order valence-corrected chi connectivity index (χ0v) is 11.6. The molecule has 0 aliphatic rings. The van der Waals surface area contributed by atoms with E-state index in [0.717, 1.165) is 5.56 Å². The van der Waals surface area contributed by atoms with Crippen LogP contribution >= 0.6 is 11.6 Å². The van der Waals surface area contributed by atoms with Crippen LogP contribution in [0.2, 0.25) is 5.02 Å². The number of aromatic hydroxyl groups is 1. The Bertz CT molecular complexity index is 588. The second-order valence-electron chi connectivity index (χ2n) is 4.07. The lowest BCUT2D eigenvalue weighted by Crippen LogP contribution is -2.02. The molecule has 0 radical (unpaired) electrons. The number of halogens is 1. The van der Waals surface area contributed by atoms with Crippen molar-refractivity contribution >= 4 is 17.6 Å². The third-order valence-corrected chi connectivity index (χ3v) is 2.95. The van der Waals surface area contributed by atoms with Crippen molar-refractivity contribution in [3.8, 4) is 11.5 Å². The molecule has 0 aliphatic carbocycles. The van der Waals surface area contributed by atoms with Crippen molar-refractivity contribution in [1.29, 1.82) is 0 Å². The number of benzene rings is 2.